The highest BCUT2D eigenvalue weighted by molar-refractivity contribution is 5.78. The van der Waals surface area contributed by atoms with E-state index in [0.29, 0.717) is 13.2 Å². The molecule has 0 unspecified atom stereocenters. The average Bonchev–Trinajstić information content (AvgIpc) is 2.54. The number of nitrogens with one attached hydrogen (secondary N) is 1. The van der Waals surface area contributed by atoms with Crippen molar-refractivity contribution in [2.24, 2.45) is 5.92 Å². The van der Waals surface area contributed by atoms with Crippen molar-refractivity contribution in [3.05, 3.63) is 42.5 Å². The number of hydrogen-bond donors (Lipinski definition) is 1. The van der Waals surface area contributed by atoms with E-state index in [1.807, 2.05) is 36.2 Å². The maximum Gasteiger partial charge on any atom is 0.227 e. The molecular formula is C17H24N2O2. The molecule has 0 aromatic heterocycles. The van der Waals surface area contributed by atoms with Crippen molar-refractivity contribution in [2.75, 3.05) is 26.7 Å². The van der Waals surface area contributed by atoms with Crippen LogP contribution in [-0.2, 0) is 11.3 Å². The lowest BCUT2D eigenvalue weighted by atomic mass is 9.98. The van der Waals surface area contributed by atoms with Crippen LogP contribution in [0.3, 0.4) is 0 Å². The van der Waals surface area contributed by atoms with Gasteiger partial charge in [0.25, 0.3) is 0 Å². The van der Waals surface area contributed by atoms with Gasteiger partial charge in [-0.05, 0) is 37.1 Å². The molecule has 1 aliphatic heterocycles. The highest BCUT2D eigenvalue weighted by Crippen LogP contribution is 2.16. The largest absolute Gasteiger partial charge is 0.490 e. The first kappa shape index (κ1) is 15.6. The maximum absolute atomic E-state index is 12.4. The van der Waals surface area contributed by atoms with Crippen molar-refractivity contribution in [3.63, 3.8) is 0 Å². The Hall–Kier alpha value is -1.81. The Balaban J connectivity index is 1.87. The first-order chi connectivity index (χ1) is 10.2. The summed E-state index contributed by atoms with van der Waals surface area (Å²) in [5.74, 6) is 1.18. The molecule has 2 rings (SSSR count). The van der Waals surface area contributed by atoms with Crippen LogP contribution in [0, 0.1) is 5.92 Å². The van der Waals surface area contributed by atoms with Crippen LogP contribution in [-0.4, -0.2) is 37.6 Å². The van der Waals surface area contributed by atoms with E-state index in [2.05, 4.69) is 11.9 Å². The number of amides is 1. The zero-order valence-electron chi connectivity index (χ0n) is 12.7. The Bertz CT molecular complexity index is 464. The molecule has 1 saturated heterocycles. The summed E-state index contributed by atoms with van der Waals surface area (Å²) in [6.45, 7) is 6.60. The third kappa shape index (κ3) is 4.60. The topological polar surface area (TPSA) is 41.6 Å². The number of nitrogens with zero attached hydrogens (tertiary/aromatic N) is 1. The van der Waals surface area contributed by atoms with Crippen molar-refractivity contribution in [2.45, 2.75) is 19.4 Å². The van der Waals surface area contributed by atoms with Gasteiger partial charge in [0.05, 0.1) is 5.92 Å². The van der Waals surface area contributed by atoms with Gasteiger partial charge in [-0.3, -0.25) is 4.79 Å². The highest BCUT2D eigenvalue weighted by Gasteiger charge is 2.23. The molecule has 1 amide bonds. The predicted molar refractivity (Wildman–Crippen MR) is 84.2 cm³/mol. The molecule has 4 heteroatoms. The molecule has 4 nitrogen and oxygen atoms in total. The lowest BCUT2D eigenvalue weighted by Crippen LogP contribution is -2.41. The summed E-state index contributed by atoms with van der Waals surface area (Å²) in [4.78, 5) is 14.2. The Morgan fingerprint density at radius 1 is 1.48 bits per heavy atom. The number of hydrogen-bond acceptors (Lipinski definition) is 3. The fourth-order valence-electron chi connectivity index (χ4n) is 2.57. The molecule has 1 heterocycles. The number of benzene rings is 1. The van der Waals surface area contributed by atoms with Crippen LogP contribution in [0.4, 0.5) is 0 Å². The van der Waals surface area contributed by atoms with Gasteiger partial charge in [0.1, 0.15) is 12.4 Å². The minimum absolute atomic E-state index is 0.124. The van der Waals surface area contributed by atoms with Crippen molar-refractivity contribution in [1.29, 1.82) is 0 Å². The molecule has 1 fully saturated rings. The number of ether oxygens (including phenoxy) is 1. The molecule has 0 radical (unpaired) electrons. The number of piperidine rings is 1. The minimum Gasteiger partial charge on any atom is -0.490 e. The van der Waals surface area contributed by atoms with E-state index >= 15 is 0 Å². The summed E-state index contributed by atoms with van der Waals surface area (Å²) in [6, 6.07) is 7.86. The Labute approximate surface area is 126 Å². The summed E-state index contributed by atoms with van der Waals surface area (Å²) in [5.41, 5.74) is 1.11. The van der Waals surface area contributed by atoms with E-state index in [1.54, 1.807) is 6.08 Å². The van der Waals surface area contributed by atoms with Crippen molar-refractivity contribution >= 4 is 5.91 Å². The van der Waals surface area contributed by atoms with Crippen LogP contribution in [0.5, 0.6) is 5.75 Å². The van der Waals surface area contributed by atoms with Crippen LogP contribution >= 0.6 is 0 Å². The molecule has 0 bridgehead atoms. The van der Waals surface area contributed by atoms with Gasteiger partial charge in [-0.25, -0.2) is 0 Å². The molecule has 1 N–H and O–H groups in total. The van der Waals surface area contributed by atoms with Gasteiger partial charge < -0.3 is 15.0 Å². The summed E-state index contributed by atoms with van der Waals surface area (Å²) >= 11 is 0. The van der Waals surface area contributed by atoms with E-state index in [1.165, 1.54) is 0 Å². The third-order valence-electron chi connectivity index (χ3n) is 3.73. The van der Waals surface area contributed by atoms with Crippen LogP contribution in [0.25, 0.3) is 0 Å². The fourth-order valence-corrected chi connectivity index (χ4v) is 2.57. The molecule has 114 valence electrons. The molecule has 0 saturated carbocycles. The van der Waals surface area contributed by atoms with Gasteiger partial charge in [0.15, 0.2) is 0 Å². The number of carbonyl (C=O) groups excluding carboxylic acids is 1. The van der Waals surface area contributed by atoms with E-state index < -0.39 is 0 Å². The van der Waals surface area contributed by atoms with E-state index in [0.717, 1.165) is 37.2 Å². The van der Waals surface area contributed by atoms with E-state index in [4.69, 9.17) is 4.74 Å². The molecule has 1 aromatic carbocycles. The molecule has 1 aliphatic rings. The normalized spacial score (nSPS) is 18.0. The lowest BCUT2D eigenvalue weighted by Gasteiger charge is -2.27. The fraction of sp³-hybridized carbons (Fsp3) is 0.471. The van der Waals surface area contributed by atoms with E-state index in [9.17, 15) is 4.79 Å². The summed E-state index contributed by atoms with van der Waals surface area (Å²) in [7, 11) is 1.87. The van der Waals surface area contributed by atoms with Crippen LogP contribution in [0.2, 0.25) is 0 Å². The van der Waals surface area contributed by atoms with Gasteiger partial charge in [0, 0.05) is 20.1 Å². The molecule has 1 atom stereocenters. The van der Waals surface area contributed by atoms with Crippen LogP contribution in [0.1, 0.15) is 18.4 Å². The zero-order valence-corrected chi connectivity index (χ0v) is 12.7. The lowest BCUT2D eigenvalue weighted by molar-refractivity contribution is -0.135. The smallest absolute Gasteiger partial charge is 0.227 e. The standard InChI is InChI=1S/C17H24N2O2/c1-3-11-21-16-8-6-14(7-9-16)13-19(2)17(20)15-5-4-10-18-12-15/h3,6-9,15,18H,1,4-5,10-13H2,2H3/t15-/m0/s1. The Morgan fingerprint density at radius 3 is 2.86 bits per heavy atom. The first-order valence-electron chi connectivity index (χ1n) is 7.49. The molecule has 0 aliphatic carbocycles. The highest BCUT2D eigenvalue weighted by atomic mass is 16.5. The van der Waals surface area contributed by atoms with Crippen LogP contribution in [0.15, 0.2) is 36.9 Å². The summed E-state index contributed by atoms with van der Waals surface area (Å²) < 4.78 is 5.45. The minimum atomic E-state index is 0.124. The van der Waals surface area contributed by atoms with Gasteiger partial charge in [-0.1, -0.05) is 24.8 Å². The molecule has 0 spiro atoms. The number of carbonyl (C=O) groups is 1. The Morgan fingerprint density at radius 2 is 2.24 bits per heavy atom. The Kier molecular flexibility index (Phi) is 5.81. The van der Waals surface area contributed by atoms with Gasteiger partial charge in [-0.2, -0.15) is 0 Å². The number of rotatable bonds is 6. The molecular weight excluding hydrogens is 264 g/mol. The monoisotopic (exact) mass is 288 g/mol. The van der Waals surface area contributed by atoms with Gasteiger partial charge >= 0.3 is 0 Å². The second kappa shape index (κ2) is 7.84. The van der Waals surface area contributed by atoms with Crippen molar-refractivity contribution < 1.29 is 9.53 Å². The average molecular weight is 288 g/mol. The summed E-state index contributed by atoms with van der Waals surface area (Å²) in [6.07, 6.45) is 3.79. The first-order valence-corrected chi connectivity index (χ1v) is 7.49. The zero-order chi connectivity index (χ0) is 15.1. The van der Waals surface area contributed by atoms with Gasteiger partial charge in [-0.15, -0.1) is 0 Å². The third-order valence-corrected chi connectivity index (χ3v) is 3.73. The second-order valence-electron chi connectivity index (χ2n) is 5.48. The maximum atomic E-state index is 12.4. The van der Waals surface area contributed by atoms with E-state index in [-0.39, 0.29) is 11.8 Å². The quantitative estimate of drug-likeness (QED) is 0.816. The summed E-state index contributed by atoms with van der Waals surface area (Å²) in [5, 5.41) is 3.29. The van der Waals surface area contributed by atoms with Crippen molar-refractivity contribution in [1.82, 2.24) is 10.2 Å². The second-order valence-corrected chi connectivity index (χ2v) is 5.48. The van der Waals surface area contributed by atoms with Crippen molar-refractivity contribution in [3.8, 4) is 5.75 Å². The SMILES string of the molecule is C=CCOc1ccc(CN(C)C(=O)[C@H]2CCCNC2)cc1. The van der Waals surface area contributed by atoms with Crippen LogP contribution < -0.4 is 10.1 Å². The van der Waals surface area contributed by atoms with Gasteiger partial charge in [0.2, 0.25) is 5.91 Å². The predicted octanol–water partition coefficient (Wildman–Crippen LogP) is 2.21. The molecule has 21 heavy (non-hydrogen) atoms. The molecule has 1 aromatic rings.